The first-order valence-electron chi connectivity index (χ1n) is 6.35. The van der Waals surface area contributed by atoms with Crippen LogP contribution in [0.3, 0.4) is 0 Å². The first-order chi connectivity index (χ1) is 9.21. The van der Waals surface area contributed by atoms with Gasteiger partial charge in [0, 0.05) is 32.7 Å². The Morgan fingerprint density at radius 3 is 2.89 bits per heavy atom. The van der Waals surface area contributed by atoms with E-state index in [4.69, 9.17) is 4.74 Å². The van der Waals surface area contributed by atoms with E-state index in [0.717, 1.165) is 12.4 Å². The molecule has 1 aromatic rings. The highest BCUT2D eigenvalue weighted by molar-refractivity contribution is 5.79. The second-order valence-electron chi connectivity index (χ2n) is 4.37. The lowest BCUT2D eigenvalue weighted by Gasteiger charge is -2.13. The summed E-state index contributed by atoms with van der Waals surface area (Å²) in [5.74, 6) is 2.14. The molecule has 0 aromatic carbocycles. The van der Waals surface area contributed by atoms with E-state index in [1.807, 2.05) is 13.0 Å². The van der Waals surface area contributed by atoms with Gasteiger partial charge in [-0.3, -0.25) is 4.79 Å². The van der Waals surface area contributed by atoms with Gasteiger partial charge in [-0.2, -0.15) is 0 Å². The molecule has 0 saturated carbocycles. The Morgan fingerprint density at radius 2 is 2.26 bits per heavy atom. The number of hydrogen-bond donors (Lipinski definition) is 3. The van der Waals surface area contributed by atoms with E-state index < -0.39 is 0 Å². The second kappa shape index (κ2) is 6.33. The van der Waals surface area contributed by atoms with Crippen molar-refractivity contribution in [1.82, 2.24) is 15.3 Å². The minimum atomic E-state index is 0.0653. The summed E-state index contributed by atoms with van der Waals surface area (Å²) in [5.41, 5.74) is 0. The van der Waals surface area contributed by atoms with Crippen molar-refractivity contribution in [1.29, 1.82) is 0 Å². The summed E-state index contributed by atoms with van der Waals surface area (Å²) in [4.78, 5) is 19.9. The zero-order chi connectivity index (χ0) is 13.7. The van der Waals surface area contributed by atoms with E-state index in [1.165, 1.54) is 0 Å². The Kier molecular flexibility index (Phi) is 4.51. The fraction of sp³-hybridized carbons (Fsp3) is 0.583. The van der Waals surface area contributed by atoms with Crippen LogP contribution in [-0.4, -0.2) is 42.1 Å². The number of rotatable bonds is 6. The molecule has 1 amide bonds. The van der Waals surface area contributed by atoms with Crippen molar-refractivity contribution in [2.24, 2.45) is 0 Å². The number of aromatic nitrogens is 2. The molecule has 0 bridgehead atoms. The molecule has 2 rings (SSSR count). The minimum absolute atomic E-state index is 0.0653. The smallest absolute Gasteiger partial charge is 0.222 e. The molecular formula is C12H19N5O2. The summed E-state index contributed by atoms with van der Waals surface area (Å²) in [5, 5.41) is 9.17. The number of amides is 1. The lowest BCUT2D eigenvalue weighted by Crippen LogP contribution is -2.23. The molecular weight excluding hydrogens is 246 g/mol. The molecule has 2 heterocycles. The maximum absolute atomic E-state index is 11.2. The van der Waals surface area contributed by atoms with Gasteiger partial charge in [-0.25, -0.2) is 9.97 Å². The van der Waals surface area contributed by atoms with Crippen LogP contribution in [0.5, 0.6) is 0 Å². The van der Waals surface area contributed by atoms with Gasteiger partial charge in [0.2, 0.25) is 5.91 Å². The molecule has 7 heteroatoms. The van der Waals surface area contributed by atoms with Gasteiger partial charge in [0.15, 0.2) is 5.82 Å². The number of methoxy groups -OCH3 is 1. The van der Waals surface area contributed by atoms with E-state index >= 15 is 0 Å². The molecule has 1 saturated heterocycles. The topological polar surface area (TPSA) is 88.2 Å². The van der Waals surface area contributed by atoms with Gasteiger partial charge in [-0.1, -0.05) is 0 Å². The molecule has 3 N–H and O–H groups in total. The SMILES string of the molecule is CCNc1cc(NC2CNC(=O)C2)nc(COC)n1. The predicted molar refractivity (Wildman–Crippen MR) is 71.9 cm³/mol. The summed E-state index contributed by atoms with van der Waals surface area (Å²) < 4.78 is 5.06. The Bertz CT molecular complexity index is 427. The number of hydrogen-bond acceptors (Lipinski definition) is 6. The fourth-order valence-corrected chi connectivity index (χ4v) is 1.95. The van der Waals surface area contributed by atoms with Crippen LogP contribution in [0.4, 0.5) is 11.6 Å². The Labute approximate surface area is 112 Å². The molecule has 0 radical (unpaired) electrons. The lowest BCUT2D eigenvalue weighted by molar-refractivity contribution is -0.119. The van der Waals surface area contributed by atoms with Crippen LogP contribution in [0.15, 0.2) is 6.07 Å². The third kappa shape index (κ3) is 3.78. The summed E-state index contributed by atoms with van der Waals surface area (Å²) in [6.07, 6.45) is 0.472. The highest BCUT2D eigenvalue weighted by Crippen LogP contribution is 2.15. The van der Waals surface area contributed by atoms with Crippen LogP contribution in [0, 0.1) is 0 Å². The second-order valence-corrected chi connectivity index (χ2v) is 4.37. The first-order valence-corrected chi connectivity index (χ1v) is 6.35. The first kappa shape index (κ1) is 13.5. The van der Waals surface area contributed by atoms with Crippen molar-refractivity contribution in [2.75, 3.05) is 30.8 Å². The van der Waals surface area contributed by atoms with Gasteiger partial charge >= 0.3 is 0 Å². The molecule has 0 spiro atoms. The summed E-state index contributed by atoms with van der Waals surface area (Å²) >= 11 is 0. The Hall–Kier alpha value is -1.89. The normalized spacial score (nSPS) is 18.2. The number of anilines is 2. The standard InChI is InChI=1S/C12H19N5O2/c1-3-13-9-5-10(17-11(16-9)7-19-2)15-8-4-12(18)14-6-8/h5,8H,3-4,6-7H2,1-2H3,(H,14,18)(H2,13,15,16,17). The molecule has 1 atom stereocenters. The maximum Gasteiger partial charge on any atom is 0.222 e. The molecule has 1 aliphatic rings. The van der Waals surface area contributed by atoms with E-state index in [-0.39, 0.29) is 11.9 Å². The van der Waals surface area contributed by atoms with E-state index in [2.05, 4.69) is 25.9 Å². The van der Waals surface area contributed by atoms with E-state index in [1.54, 1.807) is 7.11 Å². The average molecular weight is 265 g/mol. The Morgan fingerprint density at radius 1 is 1.47 bits per heavy atom. The molecule has 0 aliphatic carbocycles. The molecule has 19 heavy (non-hydrogen) atoms. The van der Waals surface area contributed by atoms with Crippen molar-refractivity contribution in [3.05, 3.63) is 11.9 Å². The monoisotopic (exact) mass is 265 g/mol. The van der Waals surface area contributed by atoms with Gasteiger partial charge in [0.1, 0.15) is 18.2 Å². The van der Waals surface area contributed by atoms with Gasteiger partial charge in [-0.05, 0) is 6.92 Å². The third-order valence-electron chi connectivity index (χ3n) is 2.73. The highest BCUT2D eigenvalue weighted by atomic mass is 16.5. The van der Waals surface area contributed by atoms with Gasteiger partial charge in [0.05, 0.1) is 6.04 Å². The molecule has 104 valence electrons. The number of carbonyl (C=O) groups excluding carboxylic acids is 1. The van der Waals surface area contributed by atoms with Gasteiger partial charge in [0.25, 0.3) is 0 Å². The fourth-order valence-electron chi connectivity index (χ4n) is 1.95. The quantitative estimate of drug-likeness (QED) is 0.688. The largest absolute Gasteiger partial charge is 0.377 e. The van der Waals surface area contributed by atoms with Gasteiger partial charge < -0.3 is 20.7 Å². The van der Waals surface area contributed by atoms with E-state index in [9.17, 15) is 4.79 Å². The summed E-state index contributed by atoms with van der Waals surface area (Å²) in [6.45, 7) is 3.77. The molecule has 1 aliphatic heterocycles. The third-order valence-corrected chi connectivity index (χ3v) is 2.73. The molecule has 1 fully saturated rings. The highest BCUT2D eigenvalue weighted by Gasteiger charge is 2.21. The van der Waals surface area contributed by atoms with Crippen molar-refractivity contribution in [3.63, 3.8) is 0 Å². The average Bonchev–Trinajstić information content (AvgIpc) is 2.75. The summed E-state index contributed by atoms with van der Waals surface area (Å²) in [7, 11) is 1.61. The number of nitrogens with zero attached hydrogens (tertiary/aromatic N) is 2. The zero-order valence-corrected chi connectivity index (χ0v) is 11.2. The van der Waals surface area contributed by atoms with Crippen molar-refractivity contribution in [2.45, 2.75) is 26.0 Å². The van der Waals surface area contributed by atoms with Gasteiger partial charge in [-0.15, -0.1) is 0 Å². The summed E-state index contributed by atoms with van der Waals surface area (Å²) in [6, 6.07) is 1.91. The molecule has 1 aromatic heterocycles. The van der Waals surface area contributed by atoms with E-state index in [0.29, 0.717) is 31.2 Å². The van der Waals surface area contributed by atoms with Crippen molar-refractivity contribution >= 4 is 17.5 Å². The Balaban J connectivity index is 2.11. The maximum atomic E-state index is 11.2. The van der Waals surface area contributed by atoms with Crippen LogP contribution in [0.2, 0.25) is 0 Å². The van der Waals surface area contributed by atoms with Crippen LogP contribution < -0.4 is 16.0 Å². The molecule has 7 nitrogen and oxygen atoms in total. The van der Waals surface area contributed by atoms with Crippen LogP contribution in [0.1, 0.15) is 19.2 Å². The predicted octanol–water partition coefficient (Wildman–Crippen LogP) is 0.355. The van der Waals surface area contributed by atoms with Crippen LogP contribution >= 0.6 is 0 Å². The van der Waals surface area contributed by atoms with Crippen LogP contribution in [0.25, 0.3) is 0 Å². The molecule has 1 unspecified atom stereocenters. The number of ether oxygens (including phenoxy) is 1. The number of nitrogens with one attached hydrogen (secondary N) is 3. The minimum Gasteiger partial charge on any atom is -0.377 e. The van der Waals surface area contributed by atoms with Crippen molar-refractivity contribution < 1.29 is 9.53 Å². The zero-order valence-electron chi connectivity index (χ0n) is 11.2. The van der Waals surface area contributed by atoms with Crippen molar-refractivity contribution in [3.8, 4) is 0 Å². The lowest BCUT2D eigenvalue weighted by atomic mass is 10.2. The van der Waals surface area contributed by atoms with Crippen LogP contribution in [-0.2, 0) is 16.1 Å². The number of carbonyl (C=O) groups is 1.